The Kier molecular flexibility index (Phi) is 10.3. The minimum Gasteiger partial charge on any atom is -0.346 e. The van der Waals surface area contributed by atoms with Crippen LogP contribution in [0.3, 0.4) is 0 Å². The standard InChI is InChI=1S/C18H36N2O2/c1-14(2)17(13-16(5)21)18(22)20(7)12-10-8-9-11-19(6)15(3)4/h14-15,17H,8-13H2,1-7H3/t17-/m0/s1. The summed E-state index contributed by atoms with van der Waals surface area (Å²) in [6.07, 6.45) is 3.69. The van der Waals surface area contributed by atoms with Crippen LogP contribution in [-0.4, -0.2) is 54.7 Å². The molecule has 22 heavy (non-hydrogen) atoms. The molecule has 0 rings (SSSR count). The van der Waals surface area contributed by atoms with Gasteiger partial charge in [0.1, 0.15) is 5.78 Å². The zero-order valence-corrected chi connectivity index (χ0v) is 15.7. The molecule has 1 atom stereocenters. The predicted octanol–water partition coefficient (Wildman–Crippen LogP) is 3.21. The average molecular weight is 312 g/mol. The van der Waals surface area contributed by atoms with Crippen LogP contribution in [0.2, 0.25) is 0 Å². The molecule has 0 fully saturated rings. The van der Waals surface area contributed by atoms with Crippen molar-refractivity contribution in [2.24, 2.45) is 11.8 Å². The molecule has 0 spiro atoms. The van der Waals surface area contributed by atoms with Crippen LogP contribution in [0.5, 0.6) is 0 Å². The van der Waals surface area contributed by atoms with Crippen molar-refractivity contribution in [3.05, 3.63) is 0 Å². The fourth-order valence-corrected chi connectivity index (χ4v) is 2.46. The van der Waals surface area contributed by atoms with Gasteiger partial charge in [0.25, 0.3) is 0 Å². The van der Waals surface area contributed by atoms with E-state index in [1.165, 1.54) is 0 Å². The van der Waals surface area contributed by atoms with Crippen LogP contribution in [0.25, 0.3) is 0 Å². The summed E-state index contributed by atoms with van der Waals surface area (Å²) in [6, 6.07) is 0.586. The van der Waals surface area contributed by atoms with Crippen molar-refractivity contribution in [1.29, 1.82) is 0 Å². The van der Waals surface area contributed by atoms with Crippen molar-refractivity contribution in [3.63, 3.8) is 0 Å². The zero-order chi connectivity index (χ0) is 17.3. The Hall–Kier alpha value is -0.900. The summed E-state index contributed by atoms with van der Waals surface area (Å²) < 4.78 is 0. The molecule has 0 aliphatic carbocycles. The van der Waals surface area contributed by atoms with Gasteiger partial charge in [-0.1, -0.05) is 20.3 Å². The van der Waals surface area contributed by atoms with Gasteiger partial charge < -0.3 is 14.6 Å². The quantitative estimate of drug-likeness (QED) is 0.550. The number of carbonyl (C=O) groups excluding carboxylic acids is 2. The van der Waals surface area contributed by atoms with Gasteiger partial charge in [-0.25, -0.2) is 0 Å². The Bertz CT molecular complexity index is 340. The van der Waals surface area contributed by atoms with E-state index in [1.54, 1.807) is 11.8 Å². The summed E-state index contributed by atoms with van der Waals surface area (Å²) in [4.78, 5) is 27.9. The summed E-state index contributed by atoms with van der Waals surface area (Å²) in [5.74, 6) is 0.245. The molecule has 4 heteroatoms. The first-order valence-electron chi connectivity index (χ1n) is 8.61. The maximum atomic E-state index is 12.4. The molecule has 0 aliphatic heterocycles. The highest BCUT2D eigenvalue weighted by molar-refractivity contribution is 5.85. The normalized spacial score (nSPS) is 13.0. The lowest BCUT2D eigenvalue weighted by atomic mass is 9.89. The van der Waals surface area contributed by atoms with Crippen LogP contribution in [0.4, 0.5) is 0 Å². The fourth-order valence-electron chi connectivity index (χ4n) is 2.46. The van der Waals surface area contributed by atoms with Crippen LogP contribution in [0.1, 0.15) is 60.3 Å². The molecule has 0 N–H and O–H groups in total. The van der Waals surface area contributed by atoms with Gasteiger partial charge in [-0.15, -0.1) is 0 Å². The van der Waals surface area contributed by atoms with Gasteiger partial charge in [-0.05, 0) is 53.1 Å². The monoisotopic (exact) mass is 312 g/mol. The third-order valence-corrected chi connectivity index (χ3v) is 4.39. The molecule has 0 aromatic heterocycles. The van der Waals surface area contributed by atoms with Crippen molar-refractivity contribution in [2.75, 3.05) is 27.2 Å². The van der Waals surface area contributed by atoms with Gasteiger partial charge in [0.15, 0.2) is 0 Å². The molecule has 0 aliphatic rings. The number of ketones is 1. The highest BCUT2D eigenvalue weighted by atomic mass is 16.2. The molecule has 0 radical (unpaired) electrons. The van der Waals surface area contributed by atoms with E-state index in [9.17, 15) is 9.59 Å². The third kappa shape index (κ3) is 8.52. The molecular weight excluding hydrogens is 276 g/mol. The van der Waals surface area contributed by atoms with E-state index in [1.807, 2.05) is 20.9 Å². The lowest BCUT2D eigenvalue weighted by molar-refractivity contribution is -0.138. The molecule has 1 amide bonds. The second-order valence-corrected chi connectivity index (χ2v) is 7.15. The molecule has 0 unspecified atom stereocenters. The molecule has 0 heterocycles. The van der Waals surface area contributed by atoms with Crippen molar-refractivity contribution in [1.82, 2.24) is 9.80 Å². The largest absolute Gasteiger partial charge is 0.346 e. The van der Waals surface area contributed by atoms with Crippen LogP contribution in [0.15, 0.2) is 0 Å². The first-order chi connectivity index (χ1) is 10.2. The topological polar surface area (TPSA) is 40.6 Å². The number of hydrogen-bond acceptors (Lipinski definition) is 3. The SMILES string of the molecule is CC(=O)C[C@H](C(=O)N(C)CCCCCN(C)C(C)C)C(C)C. The number of unbranched alkanes of at least 4 members (excludes halogenated alkanes) is 2. The van der Waals surface area contributed by atoms with E-state index in [2.05, 4.69) is 25.8 Å². The van der Waals surface area contributed by atoms with Gasteiger partial charge in [0.05, 0.1) is 0 Å². The van der Waals surface area contributed by atoms with E-state index in [0.717, 1.165) is 32.4 Å². The predicted molar refractivity (Wildman–Crippen MR) is 92.9 cm³/mol. The average Bonchev–Trinajstić information content (AvgIpc) is 2.42. The molecule has 4 nitrogen and oxygen atoms in total. The van der Waals surface area contributed by atoms with Crippen molar-refractivity contribution in [2.45, 2.75) is 66.3 Å². The third-order valence-electron chi connectivity index (χ3n) is 4.39. The summed E-state index contributed by atoms with van der Waals surface area (Å²) in [7, 11) is 4.01. The smallest absolute Gasteiger partial charge is 0.226 e. The Balaban J connectivity index is 4.11. The van der Waals surface area contributed by atoms with E-state index in [4.69, 9.17) is 0 Å². The molecule has 0 bridgehead atoms. The van der Waals surface area contributed by atoms with Crippen LogP contribution >= 0.6 is 0 Å². The van der Waals surface area contributed by atoms with Crippen LogP contribution in [-0.2, 0) is 9.59 Å². The summed E-state index contributed by atoms with van der Waals surface area (Å²) in [5.41, 5.74) is 0. The summed E-state index contributed by atoms with van der Waals surface area (Å²) in [5, 5.41) is 0. The number of hydrogen-bond donors (Lipinski definition) is 0. The molecule has 0 aromatic rings. The fraction of sp³-hybridized carbons (Fsp3) is 0.889. The molecule has 0 saturated carbocycles. The van der Waals surface area contributed by atoms with Gasteiger partial charge in [-0.3, -0.25) is 4.79 Å². The lowest BCUT2D eigenvalue weighted by Crippen LogP contribution is -2.37. The molecule has 0 saturated heterocycles. The Morgan fingerprint density at radius 2 is 1.45 bits per heavy atom. The maximum absolute atomic E-state index is 12.4. The molecule has 0 aromatic carbocycles. The van der Waals surface area contributed by atoms with Gasteiger partial charge >= 0.3 is 0 Å². The van der Waals surface area contributed by atoms with Crippen molar-refractivity contribution >= 4 is 11.7 Å². The van der Waals surface area contributed by atoms with E-state index in [0.29, 0.717) is 12.5 Å². The van der Waals surface area contributed by atoms with Crippen LogP contribution < -0.4 is 0 Å². The first kappa shape index (κ1) is 21.1. The minimum atomic E-state index is -0.172. The van der Waals surface area contributed by atoms with E-state index >= 15 is 0 Å². The van der Waals surface area contributed by atoms with E-state index < -0.39 is 0 Å². The van der Waals surface area contributed by atoms with Gasteiger partial charge in [-0.2, -0.15) is 0 Å². The summed E-state index contributed by atoms with van der Waals surface area (Å²) in [6.45, 7) is 11.9. The second-order valence-electron chi connectivity index (χ2n) is 7.15. The first-order valence-corrected chi connectivity index (χ1v) is 8.61. The Morgan fingerprint density at radius 3 is 1.91 bits per heavy atom. The maximum Gasteiger partial charge on any atom is 0.226 e. The zero-order valence-electron chi connectivity index (χ0n) is 15.7. The number of rotatable bonds is 11. The lowest BCUT2D eigenvalue weighted by Gasteiger charge is -2.26. The number of Topliss-reactive ketones (excluding diaryl/α,β-unsaturated/α-hetero) is 1. The van der Waals surface area contributed by atoms with Gasteiger partial charge in [0.2, 0.25) is 5.91 Å². The van der Waals surface area contributed by atoms with Crippen molar-refractivity contribution < 1.29 is 9.59 Å². The number of amides is 1. The number of carbonyl (C=O) groups is 2. The molecule has 130 valence electrons. The summed E-state index contributed by atoms with van der Waals surface area (Å²) >= 11 is 0. The van der Waals surface area contributed by atoms with Gasteiger partial charge in [0, 0.05) is 32.0 Å². The molecular formula is C18H36N2O2. The second kappa shape index (κ2) is 10.8. The van der Waals surface area contributed by atoms with Crippen LogP contribution in [0, 0.1) is 11.8 Å². The highest BCUT2D eigenvalue weighted by Gasteiger charge is 2.26. The Labute approximate surface area is 137 Å². The Morgan fingerprint density at radius 1 is 0.909 bits per heavy atom. The number of nitrogens with zero attached hydrogens (tertiary/aromatic N) is 2. The minimum absolute atomic E-state index is 0.0946. The highest BCUT2D eigenvalue weighted by Crippen LogP contribution is 2.18. The van der Waals surface area contributed by atoms with Crippen molar-refractivity contribution in [3.8, 4) is 0 Å². The van der Waals surface area contributed by atoms with E-state index in [-0.39, 0.29) is 23.5 Å².